The first-order chi connectivity index (χ1) is 9.49. The van der Waals surface area contributed by atoms with Crippen molar-refractivity contribution < 1.29 is 9.90 Å². The molecule has 0 heterocycles. The third-order valence-electron chi connectivity index (χ3n) is 4.27. The van der Waals surface area contributed by atoms with E-state index in [0.29, 0.717) is 12.5 Å². The minimum atomic E-state index is -0.660. The molecule has 0 spiro atoms. The van der Waals surface area contributed by atoms with E-state index in [1.165, 1.54) is 12.8 Å². The summed E-state index contributed by atoms with van der Waals surface area (Å²) in [6.07, 6.45) is 6.14. The molecule has 0 radical (unpaired) electrons. The molecule has 1 fully saturated rings. The molecule has 110 valence electrons. The summed E-state index contributed by atoms with van der Waals surface area (Å²) in [6.45, 7) is 1.90. The highest BCUT2D eigenvalue weighted by atomic mass is 16.3. The summed E-state index contributed by atoms with van der Waals surface area (Å²) in [4.78, 5) is 11.8. The van der Waals surface area contributed by atoms with Crippen LogP contribution in [0.4, 0.5) is 0 Å². The molecule has 1 aromatic carbocycles. The van der Waals surface area contributed by atoms with Gasteiger partial charge in [-0.15, -0.1) is 0 Å². The molecular weight excluding hydrogens is 252 g/mol. The molecule has 4 nitrogen and oxygen atoms in total. The van der Waals surface area contributed by atoms with Crippen LogP contribution >= 0.6 is 0 Å². The zero-order valence-electron chi connectivity index (χ0n) is 12.1. The molecule has 4 heteroatoms. The minimum absolute atomic E-state index is 0.260. The van der Waals surface area contributed by atoms with Gasteiger partial charge in [0.25, 0.3) is 0 Å². The molecule has 1 atom stereocenters. The molecule has 20 heavy (non-hydrogen) atoms. The molecule has 1 aromatic rings. The normalized spacial score (nSPS) is 18.9. The Morgan fingerprint density at radius 1 is 1.35 bits per heavy atom. The van der Waals surface area contributed by atoms with Gasteiger partial charge in [-0.3, -0.25) is 4.79 Å². The van der Waals surface area contributed by atoms with E-state index >= 15 is 0 Å². The van der Waals surface area contributed by atoms with Crippen LogP contribution in [0.25, 0.3) is 0 Å². The number of aryl methyl sites for hydroxylation is 1. The number of nitrogens with one attached hydrogen (secondary N) is 1. The predicted octanol–water partition coefficient (Wildman–Crippen LogP) is 2.10. The van der Waals surface area contributed by atoms with Crippen molar-refractivity contribution in [3.63, 3.8) is 0 Å². The van der Waals surface area contributed by atoms with Crippen molar-refractivity contribution in [2.24, 2.45) is 5.73 Å². The number of primary amides is 1. The highest BCUT2D eigenvalue weighted by Gasteiger charge is 2.33. The van der Waals surface area contributed by atoms with Gasteiger partial charge in [-0.25, -0.2) is 0 Å². The molecule has 2 rings (SSSR count). The Bertz CT molecular complexity index is 452. The van der Waals surface area contributed by atoms with E-state index in [-0.39, 0.29) is 11.7 Å². The van der Waals surface area contributed by atoms with Crippen LogP contribution < -0.4 is 11.1 Å². The van der Waals surface area contributed by atoms with Crippen molar-refractivity contribution in [1.29, 1.82) is 0 Å². The molecule has 4 N–H and O–H groups in total. The first kappa shape index (κ1) is 14.9. The molecule has 1 aliphatic carbocycles. The van der Waals surface area contributed by atoms with Gasteiger partial charge >= 0.3 is 0 Å². The molecule has 0 bridgehead atoms. The first-order valence-electron chi connectivity index (χ1n) is 7.35. The van der Waals surface area contributed by atoms with Crippen LogP contribution in [0.2, 0.25) is 0 Å². The average Bonchev–Trinajstić information content (AvgIpc) is 2.90. The number of carbonyl (C=O) groups is 1. The van der Waals surface area contributed by atoms with E-state index in [1.807, 2.05) is 19.1 Å². The van der Waals surface area contributed by atoms with Crippen LogP contribution in [-0.2, 0) is 11.2 Å². The Morgan fingerprint density at radius 3 is 2.50 bits per heavy atom. The molecule has 0 aromatic heterocycles. The van der Waals surface area contributed by atoms with Crippen molar-refractivity contribution in [3.8, 4) is 5.75 Å². The molecule has 1 aliphatic rings. The zero-order valence-corrected chi connectivity index (χ0v) is 12.1. The smallest absolute Gasteiger partial charge is 0.237 e. The zero-order chi connectivity index (χ0) is 14.6. The second kappa shape index (κ2) is 6.27. The maximum absolute atomic E-state index is 11.8. The van der Waals surface area contributed by atoms with Gasteiger partial charge in [0, 0.05) is 6.04 Å². The predicted molar refractivity (Wildman–Crippen MR) is 79.4 cm³/mol. The van der Waals surface area contributed by atoms with Gasteiger partial charge in [-0.05, 0) is 50.3 Å². The lowest BCUT2D eigenvalue weighted by Crippen LogP contribution is -2.56. The van der Waals surface area contributed by atoms with Crippen LogP contribution in [0.1, 0.15) is 44.6 Å². The number of benzene rings is 1. The second-order valence-corrected chi connectivity index (χ2v) is 5.99. The highest BCUT2D eigenvalue weighted by Crippen LogP contribution is 2.23. The summed E-state index contributed by atoms with van der Waals surface area (Å²) in [5.74, 6) is -0.0290. The fraction of sp³-hybridized carbons (Fsp3) is 0.562. The summed E-state index contributed by atoms with van der Waals surface area (Å²) in [7, 11) is 0. The van der Waals surface area contributed by atoms with Crippen molar-refractivity contribution in [3.05, 3.63) is 29.8 Å². The molecule has 1 amide bonds. The number of rotatable bonds is 6. The summed E-state index contributed by atoms with van der Waals surface area (Å²) in [6, 6.07) is 7.51. The van der Waals surface area contributed by atoms with Gasteiger partial charge in [0.05, 0.1) is 5.54 Å². The van der Waals surface area contributed by atoms with Crippen LogP contribution in [0, 0.1) is 0 Å². The number of phenolic OH excluding ortho intramolecular Hbond substituents is 1. The van der Waals surface area contributed by atoms with E-state index in [4.69, 9.17) is 5.73 Å². The third kappa shape index (κ3) is 3.73. The van der Waals surface area contributed by atoms with Crippen LogP contribution in [0.3, 0.4) is 0 Å². The second-order valence-electron chi connectivity index (χ2n) is 5.99. The first-order valence-corrected chi connectivity index (χ1v) is 7.35. The van der Waals surface area contributed by atoms with Gasteiger partial charge in [0.2, 0.25) is 5.91 Å². The molecule has 1 unspecified atom stereocenters. The Kier molecular flexibility index (Phi) is 4.65. The van der Waals surface area contributed by atoms with Crippen molar-refractivity contribution in [2.75, 3.05) is 0 Å². The lowest BCUT2D eigenvalue weighted by atomic mass is 9.91. The number of aromatic hydroxyl groups is 1. The quantitative estimate of drug-likeness (QED) is 0.745. The van der Waals surface area contributed by atoms with E-state index in [1.54, 1.807) is 12.1 Å². The molecule has 1 saturated carbocycles. The minimum Gasteiger partial charge on any atom is -0.508 e. The molecular formula is C16H24N2O2. The van der Waals surface area contributed by atoms with Crippen LogP contribution in [-0.4, -0.2) is 22.6 Å². The van der Waals surface area contributed by atoms with Gasteiger partial charge in [0.1, 0.15) is 5.75 Å². The maximum Gasteiger partial charge on any atom is 0.237 e. The van der Waals surface area contributed by atoms with Gasteiger partial charge < -0.3 is 16.2 Å². The number of phenols is 1. The third-order valence-corrected chi connectivity index (χ3v) is 4.27. The monoisotopic (exact) mass is 276 g/mol. The standard InChI is InChI=1S/C16H24N2O2/c1-16(15(17)20,18-13-4-2-3-5-13)11-10-12-6-8-14(19)9-7-12/h6-9,13,18-19H,2-5,10-11H2,1H3,(H2,17,20). The molecule has 0 aliphatic heterocycles. The number of nitrogens with two attached hydrogens (primary N) is 1. The van der Waals surface area contributed by atoms with Crippen LogP contribution in [0.5, 0.6) is 5.75 Å². The fourth-order valence-corrected chi connectivity index (χ4v) is 2.84. The largest absolute Gasteiger partial charge is 0.508 e. The van der Waals surface area contributed by atoms with Crippen LogP contribution in [0.15, 0.2) is 24.3 Å². The average molecular weight is 276 g/mol. The summed E-state index contributed by atoms with van der Waals surface area (Å²) in [5, 5.41) is 12.7. The van der Waals surface area contributed by atoms with E-state index in [0.717, 1.165) is 24.8 Å². The Hall–Kier alpha value is -1.55. The number of carbonyl (C=O) groups excluding carboxylic acids is 1. The van der Waals surface area contributed by atoms with Gasteiger partial charge in [0.15, 0.2) is 0 Å². The fourth-order valence-electron chi connectivity index (χ4n) is 2.84. The topological polar surface area (TPSA) is 75.3 Å². The Balaban J connectivity index is 1.97. The lowest BCUT2D eigenvalue weighted by Gasteiger charge is -2.31. The number of hydrogen-bond donors (Lipinski definition) is 3. The summed E-state index contributed by atoms with van der Waals surface area (Å²) in [5.41, 5.74) is 6.04. The van der Waals surface area contributed by atoms with Crippen molar-refractivity contribution >= 4 is 5.91 Å². The molecule has 0 saturated heterocycles. The van der Waals surface area contributed by atoms with Crippen molar-refractivity contribution in [2.45, 2.75) is 57.0 Å². The lowest BCUT2D eigenvalue weighted by molar-refractivity contribution is -0.124. The summed E-state index contributed by atoms with van der Waals surface area (Å²) < 4.78 is 0. The SMILES string of the molecule is CC(CCc1ccc(O)cc1)(NC1CCCC1)C(N)=O. The number of hydrogen-bond acceptors (Lipinski definition) is 3. The maximum atomic E-state index is 11.8. The Labute approximate surface area is 120 Å². The Morgan fingerprint density at radius 2 is 1.95 bits per heavy atom. The van der Waals surface area contributed by atoms with E-state index in [2.05, 4.69) is 5.32 Å². The van der Waals surface area contributed by atoms with Crippen molar-refractivity contribution in [1.82, 2.24) is 5.32 Å². The van der Waals surface area contributed by atoms with E-state index < -0.39 is 5.54 Å². The van der Waals surface area contributed by atoms with E-state index in [9.17, 15) is 9.90 Å². The highest BCUT2D eigenvalue weighted by molar-refractivity contribution is 5.84. The van der Waals surface area contributed by atoms with Gasteiger partial charge in [-0.2, -0.15) is 0 Å². The summed E-state index contributed by atoms with van der Waals surface area (Å²) >= 11 is 0. The number of amides is 1. The van der Waals surface area contributed by atoms with Gasteiger partial charge in [-0.1, -0.05) is 25.0 Å².